The molecule has 1 saturated heterocycles. The van der Waals surface area contributed by atoms with Crippen LogP contribution in [0.2, 0.25) is 0 Å². The van der Waals surface area contributed by atoms with Crippen molar-refractivity contribution >= 4 is 45.9 Å². The van der Waals surface area contributed by atoms with E-state index in [1.807, 2.05) is 18.2 Å². The Bertz CT molecular complexity index is 516. The van der Waals surface area contributed by atoms with Gasteiger partial charge in [-0.1, -0.05) is 42.2 Å². The molecule has 0 spiro atoms. The Morgan fingerprint density at radius 3 is 2.52 bits per heavy atom. The standard InChI is InChI=1S/C14H17N3O2S2/c18-12(10-21-14(20)17-8-4-5-9-17)16-13(19)15-11-6-2-1-3-7-11/h1-3,6-7H,4-5,8-10H2,(H2,15,16,18,19). The van der Waals surface area contributed by atoms with E-state index in [0.29, 0.717) is 5.69 Å². The van der Waals surface area contributed by atoms with E-state index >= 15 is 0 Å². The lowest BCUT2D eigenvalue weighted by Gasteiger charge is -2.17. The molecule has 0 aliphatic carbocycles. The molecule has 1 heterocycles. The molecule has 0 saturated carbocycles. The first-order valence-electron chi connectivity index (χ1n) is 6.73. The second-order valence-electron chi connectivity index (χ2n) is 4.62. The van der Waals surface area contributed by atoms with Crippen molar-refractivity contribution in [2.45, 2.75) is 12.8 Å². The zero-order valence-electron chi connectivity index (χ0n) is 11.5. The number of amides is 3. The predicted octanol–water partition coefficient (Wildman–Crippen LogP) is 2.45. The number of thiocarbonyl (C=S) groups is 1. The van der Waals surface area contributed by atoms with Crippen LogP contribution in [0.3, 0.4) is 0 Å². The average Bonchev–Trinajstić information content (AvgIpc) is 3.00. The van der Waals surface area contributed by atoms with E-state index in [0.717, 1.165) is 30.3 Å². The lowest BCUT2D eigenvalue weighted by molar-refractivity contribution is -0.117. The first kappa shape index (κ1) is 15.8. The van der Waals surface area contributed by atoms with E-state index in [-0.39, 0.29) is 11.7 Å². The molecule has 0 unspecified atom stereocenters. The fourth-order valence-electron chi connectivity index (χ4n) is 1.96. The monoisotopic (exact) mass is 323 g/mol. The molecule has 1 aromatic carbocycles. The van der Waals surface area contributed by atoms with Crippen molar-refractivity contribution in [1.29, 1.82) is 0 Å². The third kappa shape index (κ3) is 5.35. The van der Waals surface area contributed by atoms with Gasteiger partial charge in [-0.2, -0.15) is 0 Å². The van der Waals surface area contributed by atoms with Crippen molar-refractivity contribution < 1.29 is 9.59 Å². The summed E-state index contributed by atoms with van der Waals surface area (Å²) in [7, 11) is 0. The number of carbonyl (C=O) groups is 2. The Kier molecular flexibility index (Phi) is 6.01. The minimum absolute atomic E-state index is 0.150. The smallest absolute Gasteiger partial charge is 0.325 e. The van der Waals surface area contributed by atoms with Crippen LogP contribution < -0.4 is 10.6 Å². The normalized spacial score (nSPS) is 13.8. The summed E-state index contributed by atoms with van der Waals surface area (Å²) in [6, 6.07) is 8.44. The van der Waals surface area contributed by atoms with Gasteiger partial charge in [-0.3, -0.25) is 10.1 Å². The van der Waals surface area contributed by atoms with Crippen molar-refractivity contribution in [3.8, 4) is 0 Å². The molecule has 0 bridgehead atoms. The Labute approximate surface area is 133 Å². The first-order chi connectivity index (χ1) is 10.1. The quantitative estimate of drug-likeness (QED) is 0.837. The number of thioether (sulfide) groups is 1. The molecule has 7 heteroatoms. The van der Waals surface area contributed by atoms with Gasteiger partial charge in [-0.05, 0) is 25.0 Å². The zero-order valence-corrected chi connectivity index (χ0v) is 13.1. The van der Waals surface area contributed by atoms with Gasteiger partial charge >= 0.3 is 6.03 Å². The van der Waals surface area contributed by atoms with Crippen molar-refractivity contribution in [3.05, 3.63) is 30.3 Å². The lowest BCUT2D eigenvalue weighted by Crippen LogP contribution is -2.36. The van der Waals surface area contributed by atoms with Gasteiger partial charge in [-0.15, -0.1) is 0 Å². The number of likely N-dealkylation sites (tertiary alicyclic amines) is 1. The highest BCUT2D eigenvalue weighted by molar-refractivity contribution is 8.23. The van der Waals surface area contributed by atoms with Crippen LogP contribution >= 0.6 is 24.0 Å². The Balaban J connectivity index is 1.69. The van der Waals surface area contributed by atoms with Crippen molar-refractivity contribution in [2.75, 3.05) is 24.2 Å². The van der Waals surface area contributed by atoms with Gasteiger partial charge in [0.05, 0.1) is 5.75 Å². The SMILES string of the molecule is O=C(CSC(=S)N1CCCC1)NC(=O)Nc1ccccc1. The van der Waals surface area contributed by atoms with Crippen LogP contribution in [-0.2, 0) is 4.79 Å². The largest absolute Gasteiger partial charge is 0.358 e. The van der Waals surface area contributed by atoms with Crippen molar-refractivity contribution in [2.24, 2.45) is 0 Å². The molecule has 112 valence electrons. The van der Waals surface area contributed by atoms with E-state index in [1.165, 1.54) is 11.8 Å². The fourth-order valence-corrected chi connectivity index (χ4v) is 3.02. The number of rotatable bonds is 3. The van der Waals surface area contributed by atoms with Gasteiger partial charge < -0.3 is 10.2 Å². The molecule has 1 aromatic rings. The van der Waals surface area contributed by atoms with E-state index in [2.05, 4.69) is 15.5 Å². The van der Waals surface area contributed by atoms with Gasteiger partial charge in [-0.25, -0.2) is 4.79 Å². The average molecular weight is 323 g/mol. The summed E-state index contributed by atoms with van der Waals surface area (Å²) in [4.78, 5) is 25.4. The highest BCUT2D eigenvalue weighted by atomic mass is 32.2. The van der Waals surface area contributed by atoms with E-state index in [4.69, 9.17) is 12.2 Å². The van der Waals surface area contributed by atoms with E-state index in [1.54, 1.807) is 12.1 Å². The topological polar surface area (TPSA) is 61.4 Å². The lowest BCUT2D eigenvalue weighted by atomic mass is 10.3. The minimum Gasteiger partial charge on any atom is -0.358 e. The van der Waals surface area contributed by atoms with E-state index < -0.39 is 6.03 Å². The highest BCUT2D eigenvalue weighted by Gasteiger charge is 2.16. The van der Waals surface area contributed by atoms with Crippen LogP contribution in [0.5, 0.6) is 0 Å². The Morgan fingerprint density at radius 2 is 1.86 bits per heavy atom. The summed E-state index contributed by atoms with van der Waals surface area (Å²) in [6.45, 7) is 1.92. The molecule has 0 aromatic heterocycles. The molecule has 0 radical (unpaired) electrons. The number of nitrogens with zero attached hydrogens (tertiary/aromatic N) is 1. The maximum Gasteiger partial charge on any atom is 0.325 e. The second-order valence-corrected chi connectivity index (χ2v) is 6.23. The Morgan fingerprint density at radius 1 is 1.19 bits per heavy atom. The zero-order chi connectivity index (χ0) is 15.1. The van der Waals surface area contributed by atoms with Crippen molar-refractivity contribution in [3.63, 3.8) is 0 Å². The summed E-state index contributed by atoms with van der Waals surface area (Å²) >= 11 is 6.55. The van der Waals surface area contributed by atoms with E-state index in [9.17, 15) is 9.59 Å². The van der Waals surface area contributed by atoms with Gasteiger partial charge in [0.2, 0.25) is 5.91 Å². The summed E-state index contributed by atoms with van der Waals surface area (Å²) in [6.07, 6.45) is 2.29. The van der Waals surface area contributed by atoms with Crippen LogP contribution in [0.25, 0.3) is 0 Å². The van der Waals surface area contributed by atoms with Crippen LogP contribution in [0.4, 0.5) is 10.5 Å². The van der Waals surface area contributed by atoms with Gasteiger partial charge in [0, 0.05) is 18.8 Å². The molecular weight excluding hydrogens is 306 g/mol. The van der Waals surface area contributed by atoms with Crippen LogP contribution in [0.1, 0.15) is 12.8 Å². The van der Waals surface area contributed by atoms with Crippen LogP contribution in [0, 0.1) is 0 Å². The fraction of sp³-hybridized carbons (Fsp3) is 0.357. The molecule has 21 heavy (non-hydrogen) atoms. The number of imide groups is 1. The molecule has 1 aliphatic heterocycles. The molecule has 2 N–H and O–H groups in total. The number of hydrogen-bond acceptors (Lipinski definition) is 4. The molecular formula is C14H17N3O2S2. The first-order valence-corrected chi connectivity index (χ1v) is 8.12. The molecule has 5 nitrogen and oxygen atoms in total. The van der Waals surface area contributed by atoms with Gasteiger partial charge in [0.15, 0.2) is 0 Å². The van der Waals surface area contributed by atoms with Crippen LogP contribution in [0.15, 0.2) is 30.3 Å². The highest BCUT2D eigenvalue weighted by Crippen LogP contribution is 2.15. The van der Waals surface area contributed by atoms with Crippen LogP contribution in [-0.4, -0.2) is 40.0 Å². The third-order valence-corrected chi connectivity index (χ3v) is 4.50. The summed E-state index contributed by atoms with van der Waals surface area (Å²) in [5, 5.41) is 4.88. The molecule has 0 atom stereocenters. The maximum atomic E-state index is 11.7. The number of hydrogen-bond donors (Lipinski definition) is 2. The number of urea groups is 1. The summed E-state index contributed by atoms with van der Waals surface area (Å²) in [5.74, 6) is -0.202. The Hall–Kier alpha value is -1.60. The predicted molar refractivity (Wildman–Crippen MR) is 89.5 cm³/mol. The summed E-state index contributed by atoms with van der Waals surface area (Å²) in [5.41, 5.74) is 0.642. The number of nitrogens with one attached hydrogen (secondary N) is 2. The van der Waals surface area contributed by atoms with Gasteiger partial charge in [0.1, 0.15) is 4.32 Å². The molecule has 2 rings (SSSR count). The number of carbonyl (C=O) groups excluding carboxylic acids is 2. The van der Waals surface area contributed by atoms with Crippen molar-refractivity contribution in [1.82, 2.24) is 10.2 Å². The second kappa shape index (κ2) is 7.99. The molecule has 1 aliphatic rings. The minimum atomic E-state index is -0.529. The summed E-state index contributed by atoms with van der Waals surface area (Å²) < 4.78 is 0.728. The number of anilines is 1. The number of benzene rings is 1. The third-order valence-electron chi connectivity index (χ3n) is 2.98. The number of para-hydroxylation sites is 1. The molecule has 3 amide bonds. The molecule has 1 fully saturated rings. The maximum absolute atomic E-state index is 11.7. The van der Waals surface area contributed by atoms with Gasteiger partial charge in [0.25, 0.3) is 0 Å².